The maximum atomic E-state index is 12.7. The summed E-state index contributed by atoms with van der Waals surface area (Å²) in [5.74, 6) is -1.07. The highest BCUT2D eigenvalue weighted by Crippen LogP contribution is 2.25. The van der Waals surface area contributed by atoms with E-state index in [0.29, 0.717) is 5.56 Å². The first-order valence-electron chi connectivity index (χ1n) is 8.50. The van der Waals surface area contributed by atoms with E-state index in [4.69, 9.17) is 4.74 Å². The Morgan fingerprint density at radius 1 is 0.769 bits per heavy atom. The van der Waals surface area contributed by atoms with E-state index < -0.39 is 11.9 Å². The van der Waals surface area contributed by atoms with Crippen LogP contribution in [-0.4, -0.2) is 18.9 Å². The van der Waals surface area contributed by atoms with E-state index in [-0.39, 0.29) is 12.2 Å². The Balaban J connectivity index is 1.78. The number of methoxy groups -OCH3 is 1. The molecule has 0 fully saturated rings. The number of carbonyl (C=O) groups is 2. The Hall–Kier alpha value is -3.20. The van der Waals surface area contributed by atoms with Gasteiger partial charge in [0.05, 0.1) is 13.0 Å². The fourth-order valence-electron chi connectivity index (χ4n) is 2.95. The zero-order valence-electron chi connectivity index (χ0n) is 14.6. The lowest BCUT2D eigenvalue weighted by Crippen LogP contribution is -2.18. The summed E-state index contributed by atoms with van der Waals surface area (Å²) in [5, 5.41) is 0. The summed E-state index contributed by atoms with van der Waals surface area (Å²) < 4.78 is 4.89. The van der Waals surface area contributed by atoms with Crippen molar-refractivity contribution in [3.63, 3.8) is 0 Å². The van der Waals surface area contributed by atoms with E-state index in [2.05, 4.69) is 0 Å². The van der Waals surface area contributed by atoms with Gasteiger partial charge in [-0.05, 0) is 16.7 Å². The van der Waals surface area contributed by atoms with E-state index in [0.717, 1.165) is 16.7 Å². The lowest BCUT2D eigenvalue weighted by Gasteiger charge is -2.14. The molecule has 0 radical (unpaired) electrons. The van der Waals surface area contributed by atoms with Crippen LogP contribution in [0.25, 0.3) is 11.1 Å². The minimum atomic E-state index is -0.595. The number of benzene rings is 3. The molecule has 0 N–H and O–H groups in total. The number of rotatable bonds is 6. The van der Waals surface area contributed by atoms with Crippen LogP contribution >= 0.6 is 0 Å². The third-order valence-corrected chi connectivity index (χ3v) is 4.39. The Labute approximate surface area is 153 Å². The molecule has 0 amide bonds. The molecule has 3 aromatic carbocycles. The van der Waals surface area contributed by atoms with E-state index in [1.807, 2.05) is 84.9 Å². The van der Waals surface area contributed by atoms with E-state index >= 15 is 0 Å². The number of hydrogen-bond donors (Lipinski definition) is 0. The average molecular weight is 344 g/mol. The van der Waals surface area contributed by atoms with Crippen molar-refractivity contribution >= 4 is 11.8 Å². The summed E-state index contributed by atoms with van der Waals surface area (Å²) in [7, 11) is 1.34. The number of Topliss-reactive ketones (excluding diaryl/α,β-unsaturated/α-hetero) is 1. The highest BCUT2D eigenvalue weighted by Gasteiger charge is 2.25. The summed E-state index contributed by atoms with van der Waals surface area (Å²) in [6, 6.07) is 26.7. The number of carbonyl (C=O) groups excluding carboxylic acids is 2. The quantitative estimate of drug-likeness (QED) is 0.473. The predicted octanol–water partition coefficient (Wildman–Crippen LogP) is 4.88. The minimum absolute atomic E-state index is 0.0798. The van der Waals surface area contributed by atoms with Gasteiger partial charge >= 0.3 is 5.97 Å². The van der Waals surface area contributed by atoms with E-state index in [1.165, 1.54) is 7.11 Å². The predicted molar refractivity (Wildman–Crippen MR) is 102 cm³/mol. The Morgan fingerprint density at radius 2 is 1.31 bits per heavy atom. The molecule has 0 bridgehead atoms. The Bertz CT molecular complexity index is 868. The van der Waals surface area contributed by atoms with E-state index in [9.17, 15) is 9.59 Å². The van der Waals surface area contributed by atoms with Crippen molar-refractivity contribution in [3.05, 3.63) is 96.1 Å². The summed E-state index contributed by atoms with van der Waals surface area (Å²) >= 11 is 0. The van der Waals surface area contributed by atoms with Crippen LogP contribution in [0.15, 0.2) is 84.9 Å². The molecular formula is C23H20O3. The summed E-state index contributed by atoms with van der Waals surface area (Å²) in [6.45, 7) is 0. The van der Waals surface area contributed by atoms with E-state index in [1.54, 1.807) is 0 Å². The number of ether oxygens (including phenoxy) is 1. The molecule has 0 saturated heterocycles. The molecule has 0 spiro atoms. The molecule has 0 aromatic heterocycles. The molecule has 3 nitrogen and oxygen atoms in total. The van der Waals surface area contributed by atoms with Gasteiger partial charge in [-0.3, -0.25) is 9.59 Å². The van der Waals surface area contributed by atoms with Crippen molar-refractivity contribution in [2.45, 2.75) is 12.3 Å². The smallest absolute Gasteiger partial charge is 0.313 e. The maximum Gasteiger partial charge on any atom is 0.313 e. The van der Waals surface area contributed by atoms with Gasteiger partial charge in [-0.15, -0.1) is 0 Å². The van der Waals surface area contributed by atoms with Crippen LogP contribution in [0.1, 0.15) is 28.3 Å². The largest absolute Gasteiger partial charge is 0.469 e. The number of ketones is 1. The Kier molecular flexibility index (Phi) is 5.59. The zero-order chi connectivity index (χ0) is 18.4. The van der Waals surface area contributed by atoms with Crippen molar-refractivity contribution in [3.8, 4) is 11.1 Å². The third kappa shape index (κ3) is 4.06. The van der Waals surface area contributed by atoms with Crippen molar-refractivity contribution < 1.29 is 14.3 Å². The minimum Gasteiger partial charge on any atom is -0.469 e. The van der Waals surface area contributed by atoms with Crippen LogP contribution in [0.5, 0.6) is 0 Å². The normalized spacial score (nSPS) is 11.6. The topological polar surface area (TPSA) is 43.4 Å². The third-order valence-electron chi connectivity index (χ3n) is 4.39. The van der Waals surface area contributed by atoms with Crippen molar-refractivity contribution in [2.24, 2.45) is 0 Å². The second kappa shape index (κ2) is 8.26. The molecule has 0 unspecified atom stereocenters. The molecule has 0 aliphatic heterocycles. The molecule has 3 rings (SSSR count). The fraction of sp³-hybridized carbons (Fsp3) is 0.130. The van der Waals surface area contributed by atoms with Gasteiger partial charge in [-0.2, -0.15) is 0 Å². The molecule has 0 aliphatic carbocycles. The maximum absolute atomic E-state index is 12.7. The van der Waals surface area contributed by atoms with Crippen molar-refractivity contribution in [1.82, 2.24) is 0 Å². The molecule has 130 valence electrons. The van der Waals surface area contributed by atoms with Gasteiger partial charge in [0.2, 0.25) is 0 Å². The molecule has 3 heteroatoms. The van der Waals surface area contributed by atoms with Gasteiger partial charge in [-0.1, -0.05) is 84.9 Å². The van der Waals surface area contributed by atoms with Crippen LogP contribution < -0.4 is 0 Å². The van der Waals surface area contributed by atoms with Gasteiger partial charge in [-0.25, -0.2) is 0 Å². The lowest BCUT2D eigenvalue weighted by molar-refractivity contribution is -0.142. The SMILES string of the molecule is COC(=O)[C@H](CC(=O)c1ccc(-c2ccccc2)cc1)c1ccccc1. The van der Waals surface area contributed by atoms with Crippen LogP contribution in [0.3, 0.4) is 0 Å². The zero-order valence-corrected chi connectivity index (χ0v) is 14.6. The van der Waals surface area contributed by atoms with Gasteiger partial charge in [0.1, 0.15) is 0 Å². The van der Waals surface area contributed by atoms with Gasteiger partial charge in [0, 0.05) is 12.0 Å². The first-order chi connectivity index (χ1) is 12.7. The molecule has 26 heavy (non-hydrogen) atoms. The van der Waals surface area contributed by atoms with Crippen molar-refractivity contribution in [1.29, 1.82) is 0 Å². The molecule has 1 atom stereocenters. The van der Waals surface area contributed by atoms with Crippen LogP contribution in [0, 0.1) is 0 Å². The number of esters is 1. The summed E-state index contributed by atoms with van der Waals surface area (Å²) in [5.41, 5.74) is 3.53. The second-order valence-electron chi connectivity index (χ2n) is 6.06. The summed E-state index contributed by atoms with van der Waals surface area (Å²) in [4.78, 5) is 24.8. The standard InChI is InChI=1S/C23H20O3/c1-26-23(25)21(19-10-6-3-7-11-19)16-22(24)20-14-12-18(13-15-20)17-8-4-2-5-9-17/h2-15,21H,16H2,1H3/t21-/m1/s1. The van der Waals surface area contributed by atoms with Gasteiger partial charge in [0.25, 0.3) is 0 Å². The first kappa shape index (κ1) is 17.6. The van der Waals surface area contributed by atoms with Gasteiger partial charge < -0.3 is 4.74 Å². The van der Waals surface area contributed by atoms with Crippen LogP contribution in [0.2, 0.25) is 0 Å². The average Bonchev–Trinajstić information content (AvgIpc) is 2.72. The molecule has 3 aromatic rings. The Morgan fingerprint density at radius 3 is 1.88 bits per heavy atom. The number of hydrogen-bond acceptors (Lipinski definition) is 3. The first-order valence-corrected chi connectivity index (χ1v) is 8.50. The van der Waals surface area contributed by atoms with Crippen LogP contribution in [-0.2, 0) is 9.53 Å². The second-order valence-corrected chi connectivity index (χ2v) is 6.06. The highest BCUT2D eigenvalue weighted by molar-refractivity contribution is 5.99. The highest BCUT2D eigenvalue weighted by atomic mass is 16.5. The molecule has 0 saturated carbocycles. The van der Waals surface area contributed by atoms with Gasteiger partial charge in [0.15, 0.2) is 5.78 Å². The summed E-state index contributed by atoms with van der Waals surface area (Å²) in [6.07, 6.45) is 0.0847. The molecular weight excluding hydrogens is 324 g/mol. The fourth-order valence-corrected chi connectivity index (χ4v) is 2.95. The van der Waals surface area contributed by atoms with Crippen molar-refractivity contribution in [2.75, 3.05) is 7.11 Å². The lowest BCUT2D eigenvalue weighted by atomic mass is 9.91. The van der Waals surface area contributed by atoms with Crippen LogP contribution in [0.4, 0.5) is 0 Å². The monoisotopic (exact) mass is 344 g/mol. The molecule has 0 heterocycles. The molecule has 0 aliphatic rings.